The molecule has 4 heteroatoms. The molecule has 0 aliphatic rings. The van der Waals surface area contributed by atoms with E-state index in [-0.39, 0.29) is 0 Å². The van der Waals surface area contributed by atoms with E-state index in [1.165, 1.54) is 6.92 Å². The van der Waals surface area contributed by atoms with Gasteiger partial charge in [-0.25, -0.2) is 0 Å². The van der Waals surface area contributed by atoms with E-state index in [0.29, 0.717) is 0 Å². The second-order valence-electron chi connectivity index (χ2n) is 0.885. The average Bonchev–Trinajstić information content (AvgIpc) is 1.35. The Hall–Kier alpha value is -0.640. The molecule has 0 bridgehead atoms. The molecule has 0 radical (unpaired) electrons. The van der Waals surface area contributed by atoms with Crippen molar-refractivity contribution in [3.63, 3.8) is 0 Å². The van der Waals surface area contributed by atoms with Crippen molar-refractivity contribution < 1.29 is 4.84 Å². The Kier molecular flexibility index (Phi) is 2.31. The number of hydrogen-bond donors (Lipinski definition) is 1. The highest BCUT2D eigenvalue weighted by molar-refractivity contribution is 4.24. The quantitative estimate of drug-likeness (QED) is 0.294. The maximum atomic E-state index is 9.06. The molecule has 1 unspecified atom stereocenters. The van der Waals surface area contributed by atoms with E-state index in [4.69, 9.17) is 10.6 Å². The summed E-state index contributed by atoms with van der Waals surface area (Å²) in [5, 5.41) is 2.06. The normalized spacial score (nSPS) is 13.0. The molecular weight excluding hydrogens is 84.0 g/mol. The van der Waals surface area contributed by atoms with E-state index < -0.39 is 6.23 Å². The van der Waals surface area contributed by atoms with Crippen LogP contribution in [0.4, 0.5) is 0 Å². The van der Waals surface area contributed by atoms with Crippen LogP contribution in [-0.4, -0.2) is 6.23 Å². The molecule has 0 saturated heterocycles. The van der Waals surface area contributed by atoms with Gasteiger partial charge in [-0.2, -0.15) is 0 Å². The van der Waals surface area contributed by atoms with Crippen molar-refractivity contribution in [1.29, 1.82) is 0 Å². The molecule has 36 valence electrons. The minimum atomic E-state index is -0.581. The van der Waals surface area contributed by atoms with Crippen LogP contribution in [0.1, 0.15) is 6.92 Å². The molecular formula is C2H6N2O2. The third-order valence-corrected chi connectivity index (χ3v) is 0.209. The summed E-state index contributed by atoms with van der Waals surface area (Å²) in [6.45, 7) is 1.52. The molecule has 0 aromatic rings. The van der Waals surface area contributed by atoms with Gasteiger partial charge in [0.1, 0.15) is 0 Å². The molecule has 0 rings (SSSR count). The number of hydrogen-bond acceptors (Lipinski definition) is 4. The summed E-state index contributed by atoms with van der Waals surface area (Å²) in [5.74, 6) is 0. The maximum absolute atomic E-state index is 9.06. The van der Waals surface area contributed by atoms with Crippen LogP contribution in [-0.2, 0) is 4.84 Å². The van der Waals surface area contributed by atoms with E-state index in [2.05, 4.69) is 10.2 Å². The molecule has 2 N–H and O–H groups in total. The highest BCUT2D eigenvalue weighted by Crippen LogP contribution is 1.75. The summed E-state index contributed by atoms with van der Waals surface area (Å²) in [5.41, 5.74) is 4.89. The van der Waals surface area contributed by atoms with Gasteiger partial charge in [-0.1, -0.05) is 0 Å². The fourth-order valence-corrected chi connectivity index (χ4v) is 0.0679. The predicted molar refractivity (Wildman–Crippen MR) is 20.5 cm³/mol. The van der Waals surface area contributed by atoms with Gasteiger partial charge in [-0.15, -0.1) is 4.91 Å². The Morgan fingerprint density at radius 2 is 2.50 bits per heavy atom. The first kappa shape index (κ1) is 5.36. The molecule has 1 atom stereocenters. The van der Waals surface area contributed by atoms with E-state index >= 15 is 0 Å². The monoisotopic (exact) mass is 90.0 g/mol. The molecule has 0 heterocycles. The van der Waals surface area contributed by atoms with E-state index in [1.807, 2.05) is 0 Å². The van der Waals surface area contributed by atoms with Crippen molar-refractivity contribution in [1.82, 2.24) is 0 Å². The van der Waals surface area contributed by atoms with Crippen LogP contribution >= 0.6 is 0 Å². The molecule has 0 aliphatic carbocycles. The Morgan fingerprint density at radius 3 is 2.50 bits per heavy atom. The molecule has 0 spiro atoms. The van der Waals surface area contributed by atoms with Crippen molar-refractivity contribution in [2.45, 2.75) is 13.2 Å². The predicted octanol–water partition coefficient (Wildman–Crippen LogP) is -0.0109. The summed E-state index contributed by atoms with van der Waals surface area (Å²) in [6.07, 6.45) is -0.581. The van der Waals surface area contributed by atoms with Gasteiger partial charge in [0.15, 0.2) is 11.6 Å². The second kappa shape index (κ2) is 2.59. The number of rotatable bonds is 2. The fourth-order valence-electron chi connectivity index (χ4n) is 0.0679. The molecule has 0 amide bonds. The van der Waals surface area contributed by atoms with Gasteiger partial charge in [0.05, 0.1) is 0 Å². The minimum absolute atomic E-state index is 0.581. The zero-order chi connectivity index (χ0) is 4.99. The molecule has 0 aromatic carbocycles. The largest absolute Gasteiger partial charge is 0.345 e. The maximum Gasteiger partial charge on any atom is 0.176 e. The Balaban J connectivity index is 2.81. The van der Waals surface area contributed by atoms with Gasteiger partial charge in [-0.3, -0.25) is 5.73 Å². The molecule has 6 heavy (non-hydrogen) atoms. The first-order valence-corrected chi connectivity index (χ1v) is 1.51. The summed E-state index contributed by atoms with van der Waals surface area (Å²) in [4.78, 5) is 13.0. The first-order chi connectivity index (χ1) is 2.77. The lowest BCUT2D eigenvalue weighted by molar-refractivity contribution is 0.0734. The number of nitrogens with two attached hydrogens (primary N) is 1. The van der Waals surface area contributed by atoms with Gasteiger partial charge in [-0.05, 0) is 6.92 Å². The summed E-state index contributed by atoms with van der Waals surface area (Å²) >= 11 is 0. The van der Waals surface area contributed by atoms with E-state index in [9.17, 15) is 0 Å². The van der Waals surface area contributed by atoms with Gasteiger partial charge >= 0.3 is 0 Å². The van der Waals surface area contributed by atoms with Crippen LogP contribution in [0.2, 0.25) is 0 Å². The third-order valence-electron chi connectivity index (χ3n) is 0.209. The minimum Gasteiger partial charge on any atom is -0.345 e. The smallest absolute Gasteiger partial charge is 0.176 e. The first-order valence-electron chi connectivity index (χ1n) is 1.51. The molecule has 0 saturated carbocycles. The second-order valence-corrected chi connectivity index (χ2v) is 0.885. The summed E-state index contributed by atoms with van der Waals surface area (Å²) < 4.78 is 0. The summed E-state index contributed by atoms with van der Waals surface area (Å²) in [6, 6.07) is 0. The fraction of sp³-hybridized carbons (Fsp3) is 1.00. The van der Waals surface area contributed by atoms with Gasteiger partial charge < -0.3 is 4.84 Å². The topological polar surface area (TPSA) is 64.7 Å². The Bertz CT molecular complexity index is 44.8. The van der Waals surface area contributed by atoms with Crippen LogP contribution in [0.3, 0.4) is 0 Å². The van der Waals surface area contributed by atoms with Crippen LogP contribution in [0, 0.1) is 4.91 Å². The third kappa shape index (κ3) is 3.36. The summed E-state index contributed by atoms with van der Waals surface area (Å²) in [7, 11) is 0. The SMILES string of the molecule is CC(N)ON=O. The Morgan fingerprint density at radius 1 is 2.00 bits per heavy atom. The lowest BCUT2D eigenvalue weighted by atomic mass is 10.7. The number of nitrogens with zero attached hydrogens (tertiary/aromatic N) is 1. The van der Waals surface area contributed by atoms with Crippen LogP contribution in [0.5, 0.6) is 0 Å². The van der Waals surface area contributed by atoms with Crippen LogP contribution in [0.25, 0.3) is 0 Å². The van der Waals surface area contributed by atoms with E-state index in [1.54, 1.807) is 0 Å². The average molecular weight is 90.1 g/mol. The lowest BCUT2D eigenvalue weighted by Crippen LogP contribution is -2.15. The molecule has 4 nitrogen and oxygen atoms in total. The standard InChI is InChI=1S/C2H6N2O2/c1-2(3)6-4-5/h2H,3H2,1H3. The highest BCUT2D eigenvalue weighted by atomic mass is 16.7. The van der Waals surface area contributed by atoms with Gasteiger partial charge in [0.2, 0.25) is 0 Å². The van der Waals surface area contributed by atoms with Crippen LogP contribution in [0.15, 0.2) is 5.34 Å². The highest BCUT2D eigenvalue weighted by Gasteiger charge is 1.85. The zero-order valence-electron chi connectivity index (χ0n) is 3.42. The van der Waals surface area contributed by atoms with Crippen molar-refractivity contribution in [3.05, 3.63) is 4.91 Å². The van der Waals surface area contributed by atoms with Crippen molar-refractivity contribution >= 4 is 0 Å². The molecule has 0 fully saturated rings. The van der Waals surface area contributed by atoms with Crippen molar-refractivity contribution in [2.75, 3.05) is 0 Å². The van der Waals surface area contributed by atoms with Gasteiger partial charge in [0.25, 0.3) is 0 Å². The van der Waals surface area contributed by atoms with Crippen molar-refractivity contribution in [2.24, 2.45) is 11.1 Å². The van der Waals surface area contributed by atoms with E-state index in [0.717, 1.165) is 0 Å². The van der Waals surface area contributed by atoms with Crippen molar-refractivity contribution in [3.8, 4) is 0 Å². The molecule has 0 aromatic heterocycles. The van der Waals surface area contributed by atoms with Crippen LogP contribution < -0.4 is 5.73 Å². The zero-order valence-corrected chi connectivity index (χ0v) is 3.42. The molecule has 0 aliphatic heterocycles. The van der Waals surface area contributed by atoms with Gasteiger partial charge in [0, 0.05) is 0 Å². The lowest BCUT2D eigenvalue weighted by Gasteiger charge is -1.93. The Labute approximate surface area is 35.2 Å².